The third-order valence-electron chi connectivity index (χ3n) is 2.61. The number of nitrogens with zero attached hydrogens (tertiary/aromatic N) is 1. The van der Waals surface area contributed by atoms with E-state index in [1.165, 1.54) is 18.5 Å². The Kier molecular flexibility index (Phi) is 4.10. The highest BCUT2D eigenvalue weighted by atomic mass is 16.3. The van der Waals surface area contributed by atoms with Crippen molar-refractivity contribution in [3.63, 3.8) is 0 Å². The topological polar surface area (TPSA) is 82.5 Å². The Morgan fingerprint density at radius 1 is 1.21 bits per heavy atom. The van der Waals surface area contributed by atoms with E-state index in [1.807, 2.05) is 24.3 Å². The van der Waals surface area contributed by atoms with Crippen molar-refractivity contribution in [3.05, 3.63) is 59.4 Å². The number of carbonyl (C=O) groups excluding carboxylic acids is 1. The fourth-order valence-corrected chi connectivity index (χ4v) is 1.67. The van der Waals surface area contributed by atoms with Crippen LogP contribution in [-0.2, 0) is 13.2 Å². The summed E-state index contributed by atoms with van der Waals surface area (Å²) in [4.78, 5) is 15.6. The Labute approximate surface area is 110 Å². The van der Waals surface area contributed by atoms with Crippen LogP contribution in [0.4, 0.5) is 0 Å². The summed E-state index contributed by atoms with van der Waals surface area (Å²) in [6.07, 6.45) is 2.65. The Morgan fingerprint density at radius 3 is 2.74 bits per heavy atom. The lowest BCUT2D eigenvalue weighted by molar-refractivity contribution is 0.0950. The second-order valence-corrected chi connectivity index (χ2v) is 4.09. The smallest absolute Gasteiger partial charge is 0.253 e. The molecule has 5 nitrogen and oxygen atoms in total. The van der Waals surface area contributed by atoms with Crippen molar-refractivity contribution in [2.45, 2.75) is 13.2 Å². The molecular formula is C14H14N2O3. The van der Waals surface area contributed by atoms with Crippen LogP contribution in [0, 0.1) is 0 Å². The van der Waals surface area contributed by atoms with E-state index < -0.39 is 0 Å². The first kappa shape index (κ1) is 13.0. The van der Waals surface area contributed by atoms with Gasteiger partial charge in [-0.2, -0.15) is 0 Å². The number of pyridine rings is 1. The van der Waals surface area contributed by atoms with E-state index in [1.54, 1.807) is 0 Å². The zero-order valence-corrected chi connectivity index (χ0v) is 10.2. The molecule has 0 fully saturated rings. The van der Waals surface area contributed by atoms with Gasteiger partial charge in [0.2, 0.25) is 0 Å². The van der Waals surface area contributed by atoms with Gasteiger partial charge in [0.05, 0.1) is 18.4 Å². The molecule has 0 aliphatic carbocycles. The van der Waals surface area contributed by atoms with Gasteiger partial charge < -0.3 is 15.5 Å². The molecule has 0 unspecified atom stereocenters. The monoisotopic (exact) mass is 258 g/mol. The summed E-state index contributed by atoms with van der Waals surface area (Å²) >= 11 is 0. The third-order valence-corrected chi connectivity index (χ3v) is 2.61. The minimum Gasteiger partial charge on any atom is -0.506 e. The molecule has 98 valence electrons. The molecule has 0 radical (unpaired) electrons. The average Bonchev–Trinajstić information content (AvgIpc) is 2.45. The van der Waals surface area contributed by atoms with Crippen molar-refractivity contribution in [2.24, 2.45) is 0 Å². The molecule has 2 aromatic rings. The zero-order chi connectivity index (χ0) is 13.7. The number of hydrogen-bond acceptors (Lipinski definition) is 4. The molecule has 0 atom stereocenters. The third kappa shape index (κ3) is 3.53. The van der Waals surface area contributed by atoms with E-state index in [2.05, 4.69) is 10.3 Å². The minimum atomic E-state index is -0.308. The van der Waals surface area contributed by atoms with Crippen molar-refractivity contribution in [1.82, 2.24) is 10.3 Å². The van der Waals surface area contributed by atoms with Crippen molar-refractivity contribution < 1.29 is 15.0 Å². The Balaban J connectivity index is 2.00. The predicted octanol–water partition coefficient (Wildman–Crippen LogP) is 1.21. The van der Waals surface area contributed by atoms with Gasteiger partial charge in [-0.25, -0.2) is 0 Å². The van der Waals surface area contributed by atoms with E-state index in [0.29, 0.717) is 12.1 Å². The molecule has 0 aliphatic heterocycles. The van der Waals surface area contributed by atoms with Crippen LogP contribution in [0.1, 0.15) is 21.5 Å². The summed E-state index contributed by atoms with van der Waals surface area (Å²) in [6, 6.07) is 8.67. The number of hydrogen-bond donors (Lipinski definition) is 3. The van der Waals surface area contributed by atoms with Gasteiger partial charge in [-0.05, 0) is 17.2 Å². The molecule has 1 heterocycles. The van der Waals surface area contributed by atoms with E-state index in [-0.39, 0.29) is 18.3 Å². The summed E-state index contributed by atoms with van der Waals surface area (Å²) in [6.45, 7) is 0.320. The first-order chi connectivity index (χ1) is 9.19. The second-order valence-electron chi connectivity index (χ2n) is 4.09. The van der Waals surface area contributed by atoms with Crippen LogP contribution in [0.2, 0.25) is 0 Å². The largest absolute Gasteiger partial charge is 0.506 e. The lowest BCUT2D eigenvalue weighted by Crippen LogP contribution is -2.22. The standard InChI is InChI=1S/C14H14N2O3/c17-9-11-3-1-2-10(4-11)6-16-14(19)12-5-13(18)8-15-7-12/h1-5,7-8,17-18H,6,9H2,(H,16,19). The number of benzene rings is 1. The number of rotatable bonds is 4. The van der Waals surface area contributed by atoms with Gasteiger partial charge in [0.1, 0.15) is 5.75 Å². The number of aromatic hydroxyl groups is 1. The Hall–Kier alpha value is -2.40. The fraction of sp³-hybridized carbons (Fsp3) is 0.143. The van der Waals surface area contributed by atoms with Gasteiger partial charge in [-0.3, -0.25) is 9.78 Å². The predicted molar refractivity (Wildman–Crippen MR) is 69.4 cm³/mol. The molecule has 3 N–H and O–H groups in total. The highest BCUT2D eigenvalue weighted by Gasteiger charge is 2.06. The Morgan fingerprint density at radius 2 is 2.00 bits per heavy atom. The van der Waals surface area contributed by atoms with Crippen LogP contribution >= 0.6 is 0 Å². The number of aliphatic hydroxyl groups is 1. The molecule has 1 amide bonds. The summed E-state index contributed by atoms with van der Waals surface area (Å²) in [5.74, 6) is -0.354. The van der Waals surface area contributed by atoms with Crippen LogP contribution in [0.15, 0.2) is 42.7 Å². The average molecular weight is 258 g/mol. The molecule has 0 spiro atoms. The fourth-order valence-electron chi connectivity index (χ4n) is 1.67. The van der Waals surface area contributed by atoms with Crippen LogP contribution in [0.25, 0.3) is 0 Å². The lowest BCUT2D eigenvalue weighted by Gasteiger charge is -2.06. The van der Waals surface area contributed by atoms with Gasteiger partial charge in [-0.15, -0.1) is 0 Å². The molecule has 0 saturated carbocycles. The summed E-state index contributed by atoms with van der Waals surface area (Å²) in [5.41, 5.74) is 2.00. The van der Waals surface area contributed by atoms with Crippen LogP contribution in [-0.4, -0.2) is 21.1 Å². The van der Waals surface area contributed by atoms with Crippen molar-refractivity contribution >= 4 is 5.91 Å². The molecule has 2 rings (SSSR count). The van der Waals surface area contributed by atoms with Crippen LogP contribution in [0.3, 0.4) is 0 Å². The molecule has 0 saturated heterocycles. The van der Waals surface area contributed by atoms with E-state index >= 15 is 0 Å². The van der Waals surface area contributed by atoms with Crippen LogP contribution < -0.4 is 5.32 Å². The molecule has 1 aromatic heterocycles. The molecule has 1 aromatic carbocycles. The first-order valence-electron chi connectivity index (χ1n) is 5.80. The Bertz CT molecular complexity index is 584. The van der Waals surface area contributed by atoms with E-state index in [9.17, 15) is 9.90 Å². The molecular weight excluding hydrogens is 244 g/mol. The van der Waals surface area contributed by atoms with E-state index in [4.69, 9.17) is 5.11 Å². The molecule has 0 bridgehead atoms. The maximum Gasteiger partial charge on any atom is 0.253 e. The summed E-state index contributed by atoms with van der Waals surface area (Å²) in [5, 5.41) is 21.0. The number of carbonyl (C=O) groups is 1. The summed E-state index contributed by atoms with van der Waals surface area (Å²) < 4.78 is 0. The SMILES string of the molecule is O=C(NCc1cccc(CO)c1)c1cncc(O)c1. The number of aromatic nitrogens is 1. The van der Waals surface area contributed by atoms with Crippen molar-refractivity contribution in [3.8, 4) is 5.75 Å². The molecule has 5 heteroatoms. The summed E-state index contributed by atoms with van der Waals surface area (Å²) in [7, 11) is 0. The highest BCUT2D eigenvalue weighted by Crippen LogP contribution is 2.09. The minimum absolute atomic E-state index is 0.0295. The first-order valence-corrected chi connectivity index (χ1v) is 5.80. The van der Waals surface area contributed by atoms with Gasteiger partial charge >= 0.3 is 0 Å². The highest BCUT2D eigenvalue weighted by molar-refractivity contribution is 5.94. The normalized spacial score (nSPS) is 10.2. The number of aliphatic hydroxyl groups excluding tert-OH is 1. The number of nitrogens with one attached hydrogen (secondary N) is 1. The van der Waals surface area contributed by atoms with Crippen LogP contribution in [0.5, 0.6) is 5.75 Å². The molecule has 0 aliphatic rings. The van der Waals surface area contributed by atoms with Gasteiger partial charge in [-0.1, -0.05) is 24.3 Å². The maximum absolute atomic E-state index is 11.8. The lowest BCUT2D eigenvalue weighted by atomic mass is 10.1. The molecule has 19 heavy (non-hydrogen) atoms. The van der Waals surface area contributed by atoms with E-state index in [0.717, 1.165) is 11.1 Å². The van der Waals surface area contributed by atoms with Gasteiger partial charge in [0.15, 0.2) is 0 Å². The van der Waals surface area contributed by atoms with Crippen molar-refractivity contribution in [2.75, 3.05) is 0 Å². The maximum atomic E-state index is 11.8. The number of amides is 1. The van der Waals surface area contributed by atoms with Crippen molar-refractivity contribution in [1.29, 1.82) is 0 Å². The second kappa shape index (κ2) is 5.97. The zero-order valence-electron chi connectivity index (χ0n) is 10.2. The van der Waals surface area contributed by atoms with Gasteiger partial charge in [0.25, 0.3) is 5.91 Å². The quantitative estimate of drug-likeness (QED) is 0.769. The van der Waals surface area contributed by atoms with Gasteiger partial charge in [0, 0.05) is 12.7 Å².